The lowest BCUT2D eigenvalue weighted by Gasteiger charge is -2.53. The van der Waals surface area contributed by atoms with Crippen LogP contribution >= 0.6 is 0 Å². The number of hydrogen-bond acceptors (Lipinski definition) is 10. The van der Waals surface area contributed by atoms with Crippen molar-refractivity contribution < 1.29 is 37.7 Å². The molecular weight excluding hydrogens is 951 g/mol. The first-order valence-electron chi connectivity index (χ1n) is 26.0. The van der Waals surface area contributed by atoms with Crippen LogP contribution in [-0.4, -0.2) is 93.0 Å². The molecule has 0 saturated heterocycles. The van der Waals surface area contributed by atoms with Crippen molar-refractivity contribution in [2.24, 2.45) is 0 Å². The quantitative estimate of drug-likeness (QED) is 0.0547. The van der Waals surface area contributed by atoms with Crippen LogP contribution in [0.25, 0.3) is 11.1 Å². The van der Waals surface area contributed by atoms with Crippen molar-refractivity contribution in [3.63, 3.8) is 0 Å². The lowest BCUT2D eigenvalue weighted by atomic mass is 9.81. The van der Waals surface area contributed by atoms with Gasteiger partial charge in [0.25, 0.3) is 0 Å². The zero-order valence-electron chi connectivity index (χ0n) is 45.7. The third-order valence-electron chi connectivity index (χ3n) is 15.7. The number of phenolic OH excluding ortho intramolecular Hbond substituents is 1. The van der Waals surface area contributed by atoms with Gasteiger partial charge in [-0.25, -0.2) is 4.79 Å². The highest BCUT2D eigenvalue weighted by molar-refractivity contribution is 6.76. The van der Waals surface area contributed by atoms with E-state index in [1.165, 1.54) is 0 Å². The smallest absolute Gasteiger partial charge is 0.407 e. The van der Waals surface area contributed by atoms with Crippen molar-refractivity contribution in [2.75, 3.05) is 34.0 Å². The molecule has 11 nitrogen and oxygen atoms in total. The second-order valence-electron chi connectivity index (χ2n) is 22.4. The van der Waals surface area contributed by atoms with Crippen molar-refractivity contribution >= 4 is 30.8 Å². The fraction of sp³-hybridized carbons (Fsp3) is 0.517. The summed E-state index contributed by atoms with van der Waals surface area (Å²) in [6, 6.07) is 29.7. The Balaban J connectivity index is 1.55. The maximum atomic E-state index is 14.6. The molecule has 390 valence electrons. The van der Waals surface area contributed by atoms with Gasteiger partial charge in [-0.3, -0.25) is 4.90 Å². The molecule has 2 N–H and O–H groups in total. The third kappa shape index (κ3) is 12.4. The van der Waals surface area contributed by atoms with Gasteiger partial charge in [-0.1, -0.05) is 152 Å². The summed E-state index contributed by atoms with van der Waals surface area (Å²) in [6.45, 7) is 27.3. The minimum absolute atomic E-state index is 0.0628. The number of allylic oxidation sites excluding steroid dienone is 1. The Morgan fingerprint density at radius 3 is 1.94 bits per heavy atom. The predicted octanol–water partition coefficient (Wildman–Crippen LogP) is 13.8. The Kier molecular flexibility index (Phi) is 18.9. The van der Waals surface area contributed by atoms with Crippen LogP contribution in [0.5, 0.6) is 17.2 Å². The van der Waals surface area contributed by atoms with Gasteiger partial charge in [-0.2, -0.15) is 5.26 Å². The molecular formula is C58H83N3O8Si3. The lowest BCUT2D eigenvalue weighted by Crippen LogP contribution is -2.62. The average Bonchev–Trinajstić information content (AvgIpc) is 3.67. The number of rotatable bonds is 23. The molecule has 0 unspecified atom stereocenters. The highest BCUT2D eigenvalue weighted by Gasteiger charge is 2.54. The number of carbonyl (C=O) groups is 1. The van der Waals surface area contributed by atoms with Crippen LogP contribution < -0.4 is 14.8 Å². The molecule has 2 aliphatic rings. The molecule has 0 fully saturated rings. The maximum absolute atomic E-state index is 14.6. The van der Waals surface area contributed by atoms with E-state index in [0.717, 1.165) is 52.0 Å². The van der Waals surface area contributed by atoms with E-state index < -0.39 is 61.1 Å². The van der Waals surface area contributed by atoms with Crippen molar-refractivity contribution in [2.45, 2.75) is 160 Å². The fourth-order valence-electron chi connectivity index (χ4n) is 10.4. The zero-order chi connectivity index (χ0) is 52.6. The molecule has 72 heavy (non-hydrogen) atoms. The van der Waals surface area contributed by atoms with Gasteiger partial charge >= 0.3 is 6.09 Å². The molecule has 0 saturated carbocycles. The molecule has 0 bridgehead atoms. The maximum Gasteiger partial charge on any atom is 0.407 e. The summed E-state index contributed by atoms with van der Waals surface area (Å²) >= 11 is 0. The zero-order valence-corrected chi connectivity index (χ0v) is 48.7. The monoisotopic (exact) mass is 1030 g/mol. The van der Waals surface area contributed by atoms with Gasteiger partial charge in [0, 0.05) is 30.7 Å². The Hall–Kier alpha value is -4.73. The average molecular weight is 1030 g/mol. The summed E-state index contributed by atoms with van der Waals surface area (Å²) in [6.07, 6.45) is 3.26. The SMILES string of the molecule is CC[Si](CC)(CC)OC[C@@H]1[C@H](O[Si](C)(C)C(C)(C)C)c2c(OC)c(C)c(OC)c(O)c2[C@H](COCc2ccccc2)N1[C@@H](C#N)[C@H](C/C=C/C[Si](C)(C)C)NC(=O)OCC1c2ccccc2-c2ccccc21. The first kappa shape index (κ1) is 56.6. The van der Waals surface area contributed by atoms with Gasteiger partial charge in [-0.15, -0.1) is 0 Å². The predicted molar refractivity (Wildman–Crippen MR) is 298 cm³/mol. The molecule has 0 spiro atoms. The van der Waals surface area contributed by atoms with E-state index in [4.69, 9.17) is 27.8 Å². The normalized spacial score (nSPS) is 18.2. The number of methoxy groups -OCH3 is 2. The molecule has 14 heteroatoms. The first-order chi connectivity index (χ1) is 34.2. The van der Waals surface area contributed by atoms with Crippen LogP contribution in [0.15, 0.2) is 91.0 Å². The number of amides is 1. The van der Waals surface area contributed by atoms with Crippen LogP contribution in [0, 0.1) is 18.3 Å². The van der Waals surface area contributed by atoms with Gasteiger partial charge in [0.15, 0.2) is 28.1 Å². The number of nitrogens with zero attached hydrogens (tertiary/aromatic N) is 2. The number of phenols is 1. The highest BCUT2D eigenvalue weighted by atomic mass is 28.4. The number of nitrogens with one attached hydrogen (secondary N) is 1. The van der Waals surface area contributed by atoms with Gasteiger partial charge in [-0.05, 0) is 83.5 Å². The Labute approximate surface area is 434 Å². The Morgan fingerprint density at radius 1 is 0.819 bits per heavy atom. The van der Waals surface area contributed by atoms with E-state index in [2.05, 4.69) is 127 Å². The van der Waals surface area contributed by atoms with Crippen LogP contribution in [-0.2, 0) is 24.9 Å². The molecule has 1 heterocycles. The second kappa shape index (κ2) is 24.1. The molecule has 4 aromatic carbocycles. The van der Waals surface area contributed by atoms with Gasteiger partial charge in [0.1, 0.15) is 18.4 Å². The van der Waals surface area contributed by atoms with E-state index in [1.54, 1.807) is 14.2 Å². The van der Waals surface area contributed by atoms with E-state index in [-0.39, 0.29) is 48.9 Å². The van der Waals surface area contributed by atoms with Gasteiger partial charge in [0.05, 0.1) is 64.3 Å². The number of fused-ring (bicyclic) bond motifs is 4. The number of hydrogen-bond donors (Lipinski definition) is 2. The van der Waals surface area contributed by atoms with Crippen molar-refractivity contribution in [3.05, 3.63) is 124 Å². The Morgan fingerprint density at radius 2 is 1.40 bits per heavy atom. The summed E-state index contributed by atoms with van der Waals surface area (Å²) in [5, 5.41) is 27.8. The van der Waals surface area contributed by atoms with Crippen molar-refractivity contribution in [3.8, 4) is 34.4 Å². The number of nitriles is 1. The van der Waals surface area contributed by atoms with E-state index in [1.807, 2.05) is 61.5 Å². The minimum atomic E-state index is -2.68. The van der Waals surface area contributed by atoms with Crippen molar-refractivity contribution in [1.29, 1.82) is 5.26 Å². The molecule has 6 rings (SSSR count). The van der Waals surface area contributed by atoms with Crippen LogP contribution in [0.1, 0.15) is 99.4 Å². The molecule has 1 aliphatic heterocycles. The number of alkyl carbamates (subject to hydrolysis) is 1. The van der Waals surface area contributed by atoms with E-state index in [0.29, 0.717) is 28.9 Å². The third-order valence-corrected chi connectivity index (χ3v) is 26.2. The topological polar surface area (TPSA) is 132 Å². The van der Waals surface area contributed by atoms with Crippen molar-refractivity contribution in [1.82, 2.24) is 10.2 Å². The molecule has 1 aliphatic carbocycles. The summed E-state index contributed by atoms with van der Waals surface area (Å²) in [5.74, 6) is 0.590. The molecule has 5 atom stereocenters. The fourth-order valence-corrected chi connectivity index (χ4v) is 15.1. The number of carbonyl (C=O) groups excluding carboxylic acids is 1. The number of ether oxygens (including phenoxy) is 4. The summed E-state index contributed by atoms with van der Waals surface area (Å²) in [5.41, 5.74) is 7.31. The minimum Gasteiger partial charge on any atom is -0.504 e. The summed E-state index contributed by atoms with van der Waals surface area (Å²) < 4.78 is 40.5. The standard InChI is InChI=1S/C58H83N3O8Si3/c1-15-72(16-2,17-3)68-39-50-56(69-71(13,14)58(5,6)7)52-51(53(62)55(65-9)40(4)54(52)64-8)49(38-66-36-41-27-19-18-20-28-41)61(50)48(35-59)47(33-25-26-34-70(10,11)12)60-57(63)67-37-46-44-31-23-21-29-42(44)43-30-22-24-32-45(43)46/h18-32,46-50,56,62H,15-17,33-34,36-39H2,1-14H3,(H,60,63)/b26-25+/t47-,48-,49-,50+,56-/m0/s1. The largest absolute Gasteiger partial charge is 0.504 e. The second-order valence-corrected chi connectivity index (χ2v) is 37.4. The van der Waals surface area contributed by atoms with Crippen LogP contribution in [0.4, 0.5) is 4.79 Å². The Bertz CT molecular complexity index is 2480. The number of benzene rings is 4. The van der Waals surface area contributed by atoms with Gasteiger partial charge in [0.2, 0.25) is 0 Å². The molecule has 0 aromatic heterocycles. The van der Waals surface area contributed by atoms with Gasteiger partial charge < -0.3 is 38.2 Å². The number of aromatic hydroxyl groups is 1. The highest BCUT2D eigenvalue weighted by Crippen LogP contribution is 2.57. The molecule has 0 radical (unpaired) electrons. The van der Waals surface area contributed by atoms with Crippen LogP contribution in [0.2, 0.25) is 61.9 Å². The van der Waals surface area contributed by atoms with E-state index in [9.17, 15) is 15.2 Å². The van der Waals surface area contributed by atoms with E-state index >= 15 is 0 Å². The summed E-state index contributed by atoms with van der Waals surface area (Å²) in [4.78, 5) is 16.7. The molecule has 4 aromatic rings. The van der Waals surface area contributed by atoms with Crippen LogP contribution in [0.3, 0.4) is 0 Å². The molecule has 1 amide bonds. The summed E-state index contributed by atoms with van der Waals surface area (Å²) in [7, 11) is -3.30. The lowest BCUT2D eigenvalue weighted by molar-refractivity contribution is -0.0611. The first-order valence-corrected chi connectivity index (χ1v) is 35.2.